The largest absolute Gasteiger partial charge is 0.493 e. The van der Waals surface area contributed by atoms with Crippen LogP contribution in [0.4, 0.5) is 5.69 Å². The fraction of sp³-hybridized carbons (Fsp3) is 0.611. The number of carbonyl (C=O) groups excluding carboxylic acids is 1. The number of rotatable bonds is 12. The average Bonchev–Trinajstić information content (AvgIpc) is 2.66. The highest BCUT2D eigenvalue weighted by Gasteiger charge is 2.26. The molecule has 0 fully saturated rings. The van der Waals surface area contributed by atoms with Gasteiger partial charge in [-0.25, -0.2) is 0 Å². The van der Waals surface area contributed by atoms with Gasteiger partial charge in [-0.1, -0.05) is 13.8 Å². The van der Waals surface area contributed by atoms with Gasteiger partial charge in [-0.15, -0.1) is 0 Å². The molecular weight excluding hydrogens is 356 g/mol. The Bertz CT molecular complexity index is 636. The van der Waals surface area contributed by atoms with Crippen LogP contribution in [0.1, 0.15) is 37.0 Å². The third-order valence-electron chi connectivity index (χ3n) is 4.09. The number of hydrogen-bond donors (Lipinski definition) is 2. The number of nitrogens with one attached hydrogen (secondary N) is 1. The predicted octanol–water partition coefficient (Wildman–Crippen LogP) is 2.16. The first-order chi connectivity index (χ1) is 12.9. The number of benzene rings is 1. The van der Waals surface area contributed by atoms with Gasteiger partial charge in [0.15, 0.2) is 11.5 Å². The summed E-state index contributed by atoms with van der Waals surface area (Å²) >= 11 is 0. The van der Waals surface area contributed by atoms with Crippen molar-refractivity contribution in [2.24, 2.45) is 5.92 Å². The second-order valence-electron chi connectivity index (χ2n) is 6.22. The quantitative estimate of drug-likeness (QED) is 0.322. The van der Waals surface area contributed by atoms with E-state index >= 15 is 0 Å². The zero-order chi connectivity index (χ0) is 20.4. The molecule has 0 unspecified atom stereocenters. The fourth-order valence-electron chi connectivity index (χ4n) is 2.54. The molecule has 0 heterocycles. The highest BCUT2D eigenvalue weighted by molar-refractivity contribution is 5.99. The Kier molecular flexibility index (Phi) is 9.52. The summed E-state index contributed by atoms with van der Waals surface area (Å²) in [6.07, 6.45) is 1.21. The van der Waals surface area contributed by atoms with Gasteiger partial charge in [0.25, 0.3) is 11.6 Å². The minimum Gasteiger partial charge on any atom is -0.493 e. The van der Waals surface area contributed by atoms with Gasteiger partial charge in [0, 0.05) is 25.8 Å². The van der Waals surface area contributed by atoms with Crippen LogP contribution < -0.4 is 14.8 Å². The molecule has 152 valence electrons. The molecule has 0 aromatic heterocycles. The van der Waals surface area contributed by atoms with Crippen LogP contribution in [-0.2, 0) is 4.74 Å². The molecule has 9 heteroatoms. The monoisotopic (exact) mass is 384 g/mol. The van der Waals surface area contributed by atoms with Gasteiger partial charge in [0.1, 0.15) is 12.2 Å². The van der Waals surface area contributed by atoms with Crippen molar-refractivity contribution >= 4 is 11.6 Å². The molecular formula is C18H28N2O7. The van der Waals surface area contributed by atoms with Crippen molar-refractivity contribution in [3.8, 4) is 11.5 Å². The van der Waals surface area contributed by atoms with Gasteiger partial charge in [-0.3, -0.25) is 14.9 Å². The highest BCUT2D eigenvalue weighted by Crippen LogP contribution is 2.35. The number of aliphatic hydroxyl groups is 1. The molecule has 0 aliphatic heterocycles. The number of nitrogens with zero attached hydrogens (tertiary/aromatic N) is 1. The Morgan fingerprint density at radius 3 is 2.52 bits per heavy atom. The number of nitro groups is 1. The molecule has 1 aromatic carbocycles. The van der Waals surface area contributed by atoms with Crippen LogP contribution in [0, 0.1) is 16.0 Å². The summed E-state index contributed by atoms with van der Waals surface area (Å²) in [6, 6.07) is 2.28. The number of nitro benzene ring substituents is 1. The van der Waals surface area contributed by atoms with E-state index in [0.717, 1.165) is 0 Å². The van der Waals surface area contributed by atoms with Crippen LogP contribution in [0.5, 0.6) is 11.5 Å². The van der Waals surface area contributed by atoms with E-state index in [4.69, 9.17) is 14.2 Å². The van der Waals surface area contributed by atoms with Crippen molar-refractivity contribution in [3.63, 3.8) is 0 Å². The molecule has 9 nitrogen and oxygen atoms in total. The molecule has 2 atom stereocenters. The van der Waals surface area contributed by atoms with Crippen molar-refractivity contribution in [3.05, 3.63) is 27.8 Å². The zero-order valence-corrected chi connectivity index (χ0v) is 16.2. The van der Waals surface area contributed by atoms with E-state index in [0.29, 0.717) is 19.4 Å². The van der Waals surface area contributed by atoms with Gasteiger partial charge in [0.2, 0.25) is 0 Å². The maximum absolute atomic E-state index is 12.7. The topological polar surface area (TPSA) is 120 Å². The van der Waals surface area contributed by atoms with Crippen LogP contribution >= 0.6 is 0 Å². The van der Waals surface area contributed by atoms with Gasteiger partial charge in [-0.05, 0) is 18.8 Å². The summed E-state index contributed by atoms with van der Waals surface area (Å²) in [5.41, 5.74) is -0.475. The lowest BCUT2D eigenvalue weighted by atomic mass is 10.00. The summed E-state index contributed by atoms with van der Waals surface area (Å²) in [4.78, 5) is 23.5. The summed E-state index contributed by atoms with van der Waals surface area (Å²) in [7, 11) is 2.90. The SMILES string of the molecule is CC[C@H](C[C@@H](C)CO)NC(=O)c1cc(OC)c(OCCOC)cc1[N+](=O)[O-]. The van der Waals surface area contributed by atoms with Crippen molar-refractivity contribution < 1.29 is 29.0 Å². The molecule has 0 spiro atoms. The van der Waals surface area contributed by atoms with E-state index in [2.05, 4.69) is 5.32 Å². The number of hydrogen-bond acceptors (Lipinski definition) is 7. The molecule has 2 N–H and O–H groups in total. The first-order valence-electron chi connectivity index (χ1n) is 8.77. The zero-order valence-electron chi connectivity index (χ0n) is 16.2. The molecule has 0 radical (unpaired) electrons. The van der Waals surface area contributed by atoms with E-state index in [1.165, 1.54) is 26.4 Å². The van der Waals surface area contributed by atoms with Crippen molar-refractivity contribution in [2.75, 3.05) is 34.0 Å². The second kappa shape index (κ2) is 11.3. The molecule has 27 heavy (non-hydrogen) atoms. The number of carbonyl (C=O) groups is 1. The van der Waals surface area contributed by atoms with Crippen LogP contribution in [-0.4, -0.2) is 56.0 Å². The Morgan fingerprint density at radius 2 is 2.00 bits per heavy atom. The second-order valence-corrected chi connectivity index (χ2v) is 6.22. The van der Waals surface area contributed by atoms with Gasteiger partial charge in [-0.2, -0.15) is 0 Å². The highest BCUT2D eigenvalue weighted by atomic mass is 16.6. The van der Waals surface area contributed by atoms with E-state index in [-0.39, 0.29) is 47.9 Å². The Balaban J connectivity index is 3.12. The summed E-state index contributed by atoms with van der Waals surface area (Å²) in [5.74, 6) is -0.172. The van der Waals surface area contributed by atoms with Gasteiger partial charge >= 0.3 is 0 Å². The van der Waals surface area contributed by atoms with Crippen LogP contribution in [0.15, 0.2) is 12.1 Å². The van der Waals surface area contributed by atoms with Crippen molar-refractivity contribution in [1.29, 1.82) is 0 Å². The summed E-state index contributed by atoms with van der Waals surface area (Å²) in [6.45, 7) is 4.27. The number of amides is 1. The third-order valence-corrected chi connectivity index (χ3v) is 4.09. The van der Waals surface area contributed by atoms with E-state index in [1.807, 2.05) is 13.8 Å². The standard InChI is InChI=1S/C18H28N2O7/c1-5-13(8-12(2)11-21)19-18(22)14-9-16(26-4)17(27-7-6-25-3)10-15(14)20(23)24/h9-10,12-13,21H,5-8,11H2,1-4H3,(H,19,22)/t12-,13-/m1/s1. The fourth-order valence-corrected chi connectivity index (χ4v) is 2.54. The molecule has 1 amide bonds. The molecule has 0 bridgehead atoms. The van der Waals surface area contributed by atoms with Crippen molar-refractivity contribution in [1.82, 2.24) is 5.32 Å². The molecule has 1 aromatic rings. The molecule has 0 saturated heterocycles. The number of ether oxygens (including phenoxy) is 3. The molecule has 0 aliphatic rings. The average molecular weight is 384 g/mol. The minimum atomic E-state index is -0.630. The van der Waals surface area contributed by atoms with E-state index in [9.17, 15) is 20.0 Å². The maximum Gasteiger partial charge on any atom is 0.286 e. The normalized spacial score (nSPS) is 12.9. The maximum atomic E-state index is 12.7. The lowest BCUT2D eigenvalue weighted by molar-refractivity contribution is -0.385. The number of aliphatic hydroxyl groups excluding tert-OH is 1. The first-order valence-corrected chi connectivity index (χ1v) is 8.77. The minimum absolute atomic E-state index is 0.00779. The van der Waals surface area contributed by atoms with Crippen molar-refractivity contribution in [2.45, 2.75) is 32.7 Å². The van der Waals surface area contributed by atoms with E-state index < -0.39 is 10.8 Å². The third kappa shape index (κ3) is 6.69. The lowest BCUT2D eigenvalue weighted by Gasteiger charge is -2.20. The smallest absolute Gasteiger partial charge is 0.286 e. The first kappa shape index (κ1) is 22.7. The molecule has 0 saturated carbocycles. The Labute approximate surface area is 158 Å². The van der Waals surface area contributed by atoms with E-state index in [1.54, 1.807) is 0 Å². The lowest BCUT2D eigenvalue weighted by Crippen LogP contribution is -2.36. The van der Waals surface area contributed by atoms with Crippen LogP contribution in [0.3, 0.4) is 0 Å². The summed E-state index contributed by atoms with van der Waals surface area (Å²) in [5, 5.41) is 23.4. The summed E-state index contributed by atoms with van der Waals surface area (Å²) < 4.78 is 15.6. The van der Waals surface area contributed by atoms with Crippen LogP contribution in [0.25, 0.3) is 0 Å². The predicted molar refractivity (Wildman–Crippen MR) is 99.4 cm³/mol. The molecule has 0 aliphatic carbocycles. The Hall–Kier alpha value is -2.39. The Morgan fingerprint density at radius 1 is 1.30 bits per heavy atom. The van der Waals surface area contributed by atoms with Crippen LogP contribution in [0.2, 0.25) is 0 Å². The van der Waals surface area contributed by atoms with Gasteiger partial charge < -0.3 is 24.6 Å². The van der Waals surface area contributed by atoms with Gasteiger partial charge in [0.05, 0.1) is 24.7 Å². The number of methoxy groups -OCH3 is 2. The molecule has 1 rings (SSSR count).